The third-order valence-electron chi connectivity index (χ3n) is 5.96. The summed E-state index contributed by atoms with van der Waals surface area (Å²) >= 11 is 0. The average Bonchev–Trinajstić information content (AvgIpc) is 2.63. The van der Waals surface area contributed by atoms with Gasteiger partial charge in [0.05, 0.1) is 12.1 Å². The predicted molar refractivity (Wildman–Crippen MR) is 126 cm³/mol. The molecule has 0 bridgehead atoms. The minimum atomic E-state index is -0.794. The molecule has 0 aromatic carbocycles. The molecule has 0 spiro atoms. The topological polar surface area (TPSA) is 87.7 Å². The van der Waals surface area contributed by atoms with Gasteiger partial charge in [0.15, 0.2) is 0 Å². The van der Waals surface area contributed by atoms with Crippen molar-refractivity contribution in [2.75, 3.05) is 6.54 Å². The molecule has 0 heterocycles. The van der Waals surface area contributed by atoms with Gasteiger partial charge in [0.25, 0.3) is 0 Å². The van der Waals surface area contributed by atoms with Crippen LogP contribution in [0.15, 0.2) is 0 Å². The fraction of sp³-hybridized carbons (Fsp3) is 0.920. The lowest BCUT2D eigenvalue weighted by molar-refractivity contribution is -0.128. The number of alkyl carbamates (subject to hydrolysis) is 1. The second kappa shape index (κ2) is 13.3. The Kier molecular flexibility index (Phi) is 11.9. The lowest BCUT2D eigenvalue weighted by atomic mass is 9.76. The normalized spacial score (nSPS) is 18.5. The van der Waals surface area contributed by atoms with Crippen LogP contribution in [0.4, 0.5) is 4.79 Å². The monoisotopic (exact) mass is 440 g/mol. The van der Waals surface area contributed by atoms with Crippen LogP contribution in [0, 0.1) is 23.7 Å². The van der Waals surface area contributed by atoms with E-state index in [1.54, 1.807) is 0 Å². The summed E-state index contributed by atoms with van der Waals surface area (Å²) < 4.78 is 5.40. The van der Waals surface area contributed by atoms with E-state index in [-0.39, 0.29) is 11.8 Å². The molecule has 1 saturated carbocycles. The highest BCUT2D eigenvalue weighted by molar-refractivity contribution is 5.79. The summed E-state index contributed by atoms with van der Waals surface area (Å²) in [7, 11) is 0. The predicted octanol–water partition coefficient (Wildman–Crippen LogP) is 5.04. The number of hydrogen-bond donors (Lipinski definition) is 3. The van der Waals surface area contributed by atoms with Gasteiger partial charge in [0, 0.05) is 12.5 Å². The van der Waals surface area contributed by atoms with Gasteiger partial charge in [-0.2, -0.15) is 0 Å². The summed E-state index contributed by atoms with van der Waals surface area (Å²) in [6.07, 6.45) is 6.19. The Hall–Kier alpha value is -1.30. The van der Waals surface area contributed by atoms with E-state index in [1.165, 1.54) is 6.42 Å². The van der Waals surface area contributed by atoms with Gasteiger partial charge in [-0.1, -0.05) is 47.0 Å². The smallest absolute Gasteiger partial charge is 0.407 e. The van der Waals surface area contributed by atoms with Crippen molar-refractivity contribution in [1.29, 1.82) is 0 Å². The van der Waals surface area contributed by atoms with Crippen LogP contribution in [0.5, 0.6) is 0 Å². The van der Waals surface area contributed by atoms with Crippen molar-refractivity contribution in [2.45, 2.75) is 118 Å². The van der Waals surface area contributed by atoms with E-state index in [4.69, 9.17) is 4.74 Å². The number of aliphatic hydroxyl groups is 1. The molecule has 1 aliphatic carbocycles. The van der Waals surface area contributed by atoms with Crippen molar-refractivity contribution in [3.05, 3.63) is 0 Å². The van der Waals surface area contributed by atoms with Gasteiger partial charge in [0.1, 0.15) is 5.60 Å². The summed E-state index contributed by atoms with van der Waals surface area (Å²) in [5, 5.41) is 17.1. The molecule has 182 valence electrons. The fourth-order valence-corrected chi connectivity index (χ4v) is 4.37. The van der Waals surface area contributed by atoms with Crippen molar-refractivity contribution in [1.82, 2.24) is 10.6 Å². The summed E-state index contributed by atoms with van der Waals surface area (Å²) in [4.78, 5) is 25.4. The summed E-state index contributed by atoms with van der Waals surface area (Å²) in [5.41, 5.74) is -0.599. The molecule has 3 atom stereocenters. The maximum Gasteiger partial charge on any atom is 0.407 e. The summed E-state index contributed by atoms with van der Waals surface area (Å²) in [6.45, 7) is 14.5. The first-order valence-corrected chi connectivity index (χ1v) is 12.3. The van der Waals surface area contributed by atoms with E-state index >= 15 is 0 Å². The highest BCUT2D eigenvalue weighted by Crippen LogP contribution is 2.33. The van der Waals surface area contributed by atoms with Crippen LogP contribution in [0.25, 0.3) is 0 Å². The zero-order valence-electron chi connectivity index (χ0n) is 21.0. The third-order valence-corrected chi connectivity index (χ3v) is 5.96. The van der Waals surface area contributed by atoms with Crippen LogP contribution in [0.3, 0.4) is 0 Å². The van der Waals surface area contributed by atoms with Crippen LogP contribution in [-0.4, -0.2) is 41.4 Å². The molecule has 0 radical (unpaired) electrons. The van der Waals surface area contributed by atoms with Crippen LogP contribution in [0.1, 0.15) is 99.8 Å². The molecule has 1 aliphatic rings. The molecule has 6 nitrogen and oxygen atoms in total. The Morgan fingerprint density at radius 3 is 2.13 bits per heavy atom. The summed E-state index contributed by atoms with van der Waals surface area (Å²) in [6, 6.07) is -0.440. The van der Waals surface area contributed by atoms with Crippen LogP contribution in [-0.2, 0) is 9.53 Å². The van der Waals surface area contributed by atoms with E-state index in [9.17, 15) is 14.7 Å². The minimum Gasteiger partial charge on any atom is -0.444 e. The molecule has 3 N–H and O–H groups in total. The van der Waals surface area contributed by atoms with Crippen molar-refractivity contribution >= 4 is 12.0 Å². The molecule has 2 amide bonds. The van der Waals surface area contributed by atoms with Crippen molar-refractivity contribution in [3.63, 3.8) is 0 Å². The molecular weight excluding hydrogens is 392 g/mol. The van der Waals surface area contributed by atoms with Crippen molar-refractivity contribution < 1.29 is 19.4 Å². The number of nitrogens with one attached hydrogen (secondary N) is 2. The second-order valence-electron chi connectivity index (χ2n) is 11.2. The van der Waals surface area contributed by atoms with E-state index in [2.05, 4.69) is 38.3 Å². The number of hydrogen-bond acceptors (Lipinski definition) is 4. The SMILES string of the molecule is CC(C)CCNC(=O)C(CC(O)C(CC(C)C)NC(=O)OC(C)(C)C)C1CCCCC1. The number of aliphatic hydroxyl groups excluding tert-OH is 1. The van der Waals surface area contributed by atoms with Crippen LogP contribution >= 0.6 is 0 Å². The molecule has 1 fully saturated rings. The summed E-state index contributed by atoms with van der Waals surface area (Å²) in [5.74, 6) is 0.948. The van der Waals surface area contributed by atoms with E-state index in [0.717, 1.165) is 32.1 Å². The fourth-order valence-electron chi connectivity index (χ4n) is 4.37. The number of rotatable bonds is 11. The highest BCUT2D eigenvalue weighted by atomic mass is 16.6. The van der Waals surface area contributed by atoms with Crippen LogP contribution in [0.2, 0.25) is 0 Å². The van der Waals surface area contributed by atoms with Gasteiger partial charge in [-0.15, -0.1) is 0 Å². The van der Waals surface area contributed by atoms with Crippen molar-refractivity contribution in [2.24, 2.45) is 23.7 Å². The lowest BCUT2D eigenvalue weighted by Crippen LogP contribution is -2.48. The zero-order valence-corrected chi connectivity index (χ0v) is 21.0. The standard InChI is InChI=1S/C25H48N2O4/c1-17(2)13-14-26-23(29)20(19-11-9-8-10-12-19)16-22(28)21(15-18(3)4)27-24(30)31-25(5,6)7/h17-22,28H,8-16H2,1-7H3,(H,26,29)(H,27,30). The first-order chi connectivity index (χ1) is 14.4. The molecular formula is C25H48N2O4. The Bertz CT molecular complexity index is 536. The first-order valence-electron chi connectivity index (χ1n) is 12.3. The van der Waals surface area contributed by atoms with Gasteiger partial charge in [0.2, 0.25) is 5.91 Å². The molecule has 0 aromatic rings. The number of carbonyl (C=O) groups is 2. The quantitative estimate of drug-likeness (QED) is 0.420. The maximum absolute atomic E-state index is 13.1. The van der Waals surface area contributed by atoms with Gasteiger partial charge in [-0.25, -0.2) is 4.79 Å². The van der Waals surface area contributed by atoms with Gasteiger partial charge in [-0.3, -0.25) is 4.79 Å². The number of amides is 2. The van der Waals surface area contributed by atoms with Gasteiger partial charge < -0.3 is 20.5 Å². The van der Waals surface area contributed by atoms with Gasteiger partial charge in [-0.05, 0) is 70.6 Å². The number of carbonyl (C=O) groups excluding carboxylic acids is 2. The molecule has 0 saturated heterocycles. The Morgan fingerprint density at radius 1 is 1.00 bits per heavy atom. The van der Waals surface area contributed by atoms with E-state index in [1.807, 2.05) is 20.8 Å². The lowest BCUT2D eigenvalue weighted by Gasteiger charge is -2.34. The van der Waals surface area contributed by atoms with Crippen molar-refractivity contribution in [3.8, 4) is 0 Å². The van der Waals surface area contributed by atoms with E-state index in [0.29, 0.717) is 37.1 Å². The average molecular weight is 441 g/mol. The molecule has 0 aromatic heterocycles. The molecule has 6 heteroatoms. The Morgan fingerprint density at radius 2 is 1.61 bits per heavy atom. The second-order valence-corrected chi connectivity index (χ2v) is 11.2. The first kappa shape index (κ1) is 27.7. The van der Waals surface area contributed by atoms with E-state index < -0.39 is 23.8 Å². The molecule has 0 aliphatic heterocycles. The molecule has 3 unspecified atom stereocenters. The minimum absolute atomic E-state index is 0.0483. The maximum atomic E-state index is 13.1. The Balaban J connectivity index is 2.87. The number of ether oxygens (including phenoxy) is 1. The van der Waals surface area contributed by atoms with Gasteiger partial charge >= 0.3 is 6.09 Å². The largest absolute Gasteiger partial charge is 0.444 e. The van der Waals surface area contributed by atoms with Crippen LogP contribution < -0.4 is 10.6 Å². The zero-order chi connectivity index (χ0) is 23.6. The Labute approximate surface area is 190 Å². The highest BCUT2D eigenvalue weighted by Gasteiger charge is 2.34. The molecule has 1 rings (SSSR count). The molecule has 31 heavy (non-hydrogen) atoms. The third kappa shape index (κ3) is 11.8.